The summed E-state index contributed by atoms with van der Waals surface area (Å²) in [7, 11) is 4.59. The molecule has 0 atom stereocenters. The van der Waals surface area contributed by atoms with Crippen molar-refractivity contribution >= 4 is 40.5 Å². The standard InChI is InChI=1S/C21H21N3O6S/c1-27-14-8-13(9-15(10-14)28-2)23-20-18(31-21(26)24-20)7-12-4-5-16(29-3)17(6-12)30-11-19(22)25/h4-10H,11H2,1-3H3,(H2,22,25)(H,23,24,26). The van der Waals surface area contributed by atoms with E-state index in [1.807, 2.05) is 0 Å². The van der Waals surface area contributed by atoms with Gasteiger partial charge in [-0.25, -0.2) is 4.99 Å². The molecule has 0 spiro atoms. The third kappa shape index (κ3) is 5.70. The first-order valence-corrected chi connectivity index (χ1v) is 9.85. The molecular formula is C21H21N3O6S. The number of carbonyl (C=O) groups excluding carboxylic acids is 2. The fraction of sp³-hybridized carbons (Fsp3) is 0.190. The van der Waals surface area contributed by atoms with E-state index in [9.17, 15) is 9.59 Å². The molecule has 0 radical (unpaired) electrons. The zero-order valence-corrected chi connectivity index (χ0v) is 17.9. The monoisotopic (exact) mass is 443 g/mol. The van der Waals surface area contributed by atoms with Crippen molar-refractivity contribution in [2.75, 3.05) is 27.9 Å². The van der Waals surface area contributed by atoms with Crippen LogP contribution in [0.4, 0.5) is 10.5 Å². The Bertz CT molecular complexity index is 1040. The summed E-state index contributed by atoms with van der Waals surface area (Å²) in [6, 6.07) is 10.4. The zero-order chi connectivity index (χ0) is 22.4. The van der Waals surface area contributed by atoms with Gasteiger partial charge in [-0.05, 0) is 35.5 Å². The molecule has 31 heavy (non-hydrogen) atoms. The predicted molar refractivity (Wildman–Crippen MR) is 118 cm³/mol. The lowest BCUT2D eigenvalue weighted by atomic mass is 10.2. The average Bonchev–Trinajstić information content (AvgIpc) is 3.10. The molecule has 2 aromatic rings. The normalized spacial score (nSPS) is 15.6. The second-order valence-corrected chi connectivity index (χ2v) is 7.23. The fourth-order valence-electron chi connectivity index (χ4n) is 2.70. The van der Waals surface area contributed by atoms with Crippen LogP contribution in [0.3, 0.4) is 0 Å². The molecule has 0 aliphatic carbocycles. The highest BCUT2D eigenvalue weighted by molar-refractivity contribution is 8.18. The molecule has 0 aromatic heterocycles. The summed E-state index contributed by atoms with van der Waals surface area (Å²) in [5.41, 5.74) is 6.42. The smallest absolute Gasteiger partial charge is 0.289 e. The fourth-order valence-corrected chi connectivity index (χ4v) is 3.43. The number of hydrogen-bond donors (Lipinski definition) is 2. The molecule has 1 aliphatic rings. The van der Waals surface area contributed by atoms with E-state index < -0.39 is 5.91 Å². The lowest BCUT2D eigenvalue weighted by Crippen LogP contribution is -2.20. The van der Waals surface area contributed by atoms with Gasteiger partial charge in [-0.15, -0.1) is 0 Å². The maximum atomic E-state index is 12.0. The third-order valence-corrected chi connectivity index (χ3v) is 4.91. The molecule has 9 nitrogen and oxygen atoms in total. The van der Waals surface area contributed by atoms with Crippen molar-refractivity contribution in [3.8, 4) is 23.0 Å². The van der Waals surface area contributed by atoms with Crippen LogP contribution in [0.15, 0.2) is 46.3 Å². The lowest BCUT2D eigenvalue weighted by molar-refractivity contribution is -0.119. The number of methoxy groups -OCH3 is 3. The maximum absolute atomic E-state index is 12.0. The van der Waals surface area contributed by atoms with Gasteiger partial charge in [-0.3, -0.25) is 9.59 Å². The number of nitrogens with one attached hydrogen (secondary N) is 1. The van der Waals surface area contributed by atoms with E-state index in [-0.39, 0.29) is 11.8 Å². The molecule has 0 bridgehead atoms. The van der Waals surface area contributed by atoms with Gasteiger partial charge in [0.15, 0.2) is 18.1 Å². The largest absolute Gasteiger partial charge is 0.497 e. The van der Waals surface area contributed by atoms with Gasteiger partial charge in [0, 0.05) is 18.2 Å². The number of carbonyl (C=O) groups is 2. The number of amides is 2. The first kappa shape index (κ1) is 22.0. The minimum absolute atomic E-state index is 0.251. The topological polar surface area (TPSA) is 121 Å². The number of nitrogens with two attached hydrogens (primary N) is 1. The second kappa shape index (κ2) is 9.90. The number of benzene rings is 2. The van der Waals surface area contributed by atoms with Crippen LogP contribution < -0.4 is 30.0 Å². The number of nitrogens with zero attached hydrogens (tertiary/aromatic N) is 1. The Hall–Kier alpha value is -3.66. The van der Waals surface area contributed by atoms with E-state index in [4.69, 9.17) is 24.7 Å². The molecule has 2 amide bonds. The quantitative estimate of drug-likeness (QED) is 0.643. The van der Waals surface area contributed by atoms with E-state index in [0.717, 1.165) is 17.3 Å². The Labute approximate surface area is 183 Å². The molecule has 1 aliphatic heterocycles. The number of thioether (sulfide) groups is 1. The second-order valence-electron chi connectivity index (χ2n) is 6.22. The molecule has 0 saturated carbocycles. The van der Waals surface area contributed by atoms with Crippen LogP contribution in [0.5, 0.6) is 23.0 Å². The minimum atomic E-state index is -0.602. The van der Waals surface area contributed by atoms with Crippen LogP contribution >= 0.6 is 11.8 Å². The molecule has 3 N–H and O–H groups in total. The summed E-state index contributed by atoms with van der Waals surface area (Å²) in [4.78, 5) is 28.2. The maximum Gasteiger partial charge on any atom is 0.289 e. The Kier molecular flexibility index (Phi) is 7.03. The zero-order valence-electron chi connectivity index (χ0n) is 17.1. The van der Waals surface area contributed by atoms with Crippen LogP contribution in [0.25, 0.3) is 6.08 Å². The SMILES string of the molecule is COc1cc(N=C2NC(=O)SC2=Cc2ccc(OC)c(OCC(N)=O)c2)cc(OC)c1. The Morgan fingerprint density at radius 3 is 2.39 bits per heavy atom. The van der Waals surface area contributed by atoms with E-state index in [1.54, 1.807) is 56.7 Å². The van der Waals surface area contributed by atoms with Crippen molar-refractivity contribution in [3.63, 3.8) is 0 Å². The number of primary amides is 1. The van der Waals surface area contributed by atoms with Gasteiger partial charge < -0.3 is 30.0 Å². The van der Waals surface area contributed by atoms with Gasteiger partial charge in [0.05, 0.1) is 31.9 Å². The highest BCUT2D eigenvalue weighted by Crippen LogP contribution is 2.34. The van der Waals surface area contributed by atoms with Gasteiger partial charge in [-0.1, -0.05) is 6.07 Å². The van der Waals surface area contributed by atoms with Gasteiger partial charge in [-0.2, -0.15) is 0 Å². The predicted octanol–water partition coefficient (Wildman–Crippen LogP) is 3.10. The van der Waals surface area contributed by atoms with E-state index in [2.05, 4.69) is 10.3 Å². The number of rotatable bonds is 8. The van der Waals surface area contributed by atoms with Crippen molar-refractivity contribution in [2.45, 2.75) is 0 Å². The van der Waals surface area contributed by atoms with Gasteiger partial charge in [0.1, 0.15) is 17.3 Å². The summed E-state index contributed by atoms with van der Waals surface area (Å²) in [6.45, 7) is -0.282. The van der Waals surface area contributed by atoms with Crippen LogP contribution in [0, 0.1) is 0 Å². The Morgan fingerprint density at radius 1 is 1.06 bits per heavy atom. The van der Waals surface area contributed by atoms with Crippen LogP contribution in [-0.4, -0.2) is 44.9 Å². The molecule has 1 saturated heterocycles. The molecule has 162 valence electrons. The molecule has 3 rings (SSSR count). The van der Waals surface area contributed by atoms with Crippen LogP contribution in [0.2, 0.25) is 0 Å². The number of hydrogen-bond acceptors (Lipinski definition) is 8. The van der Waals surface area contributed by atoms with E-state index in [0.29, 0.717) is 39.4 Å². The van der Waals surface area contributed by atoms with Crippen molar-refractivity contribution in [1.29, 1.82) is 0 Å². The number of amidine groups is 1. The summed E-state index contributed by atoms with van der Waals surface area (Å²) >= 11 is 1.01. The summed E-state index contributed by atoms with van der Waals surface area (Å²) in [5.74, 6) is 1.75. The Balaban J connectivity index is 1.95. The van der Waals surface area contributed by atoms with Crippen molar-refractivity contribution in [1.82, 2.24) is 5.32 Å². The van der Waals surface area contributed by atoms with Crippen LogP contribution in [0.1, 0.15) is 5.56 Å². The number of aliphatic imine (C=N–C) groups is 1. The number of ether oxygens (including phenoxy) is 4. The first-order valence-electron chi connectivity index (χ1n) is 9.03. The van der Waals surface area contributed by atoms with Crippen molar-refractivity contribution < 1.29 is 28.5 Å². The van der Waals surface area contributed by atoms with Gasteiger partial charge >= 0.3 is 0 Å². The van der Waals surface area contributed by atoms with Crippen LogP contribution in [-0.2, 0) is 4.79 Å². The average molecular weight is 443 g/mol. The summed E-state index contributed by atoms with van der Waals surface area (Å²) in [6.07, 6.45) is 1.77. The molecule has 1 heterocycles. The third-order valence-electron chi connectivity index (χ3n) is 4.09. The minimum Gasteiger partial charge on any atom is -0.497 e. The van der Waals surface area contributed by atoms with Crippen molar-refractivity contribution in [3.05, 3.63) is 46.9 Å². The van der Waals surface area contributed by atoms with Crippen molar-refractivity contribution in [2.24, 2.45) is 10.7 Å². The summed E-state index contributed by atoms with van der Waals surface area (Å²) < 4.78 is 21.2. The van der Waals surface area contributed by atoms with Gasteiger partial charge in [0.2, 0.25) is 0 Å². The molecule has 10 heteroatoms. The highest BCUT2D eigenvalue weighted by atomic mass is 32.2. The van der Waals surface area contributed by atoms with E-state index in [1.165, 1.54) is 7.11 Å². The highest BCUT2D eigenvalue weighted by Gasteiger charge is 2.24. The molecular weight excluding hydrogens is 422 g/mol. The summed E-state index contributed by atoms with van der Waals surface area (Å²) in [5, 5.41) is 2.48. The van der Waals surface area contributed by atoms with E-state index >= 15 is 0 Å². The molecule has 0 unspecified atom stereocenters. The first-order chi connectivity index (χ1) is 14.9. The Morgan fingerprint density at radius 2 is 1.77 bits per heavy atom. The lowest BCUT2D eigenvalue weighted by Gasteiger charge is -2.10. The molecule has 2 aromatic carbocycles. The molecule has 1 fully saturated rings. The van der Waals surface area contributed by atoms with Gasteiger partial charge in [0.25, 0.3) is 11.1 Å².